The topological polar surface area (TPSA) is 94.1 Å². The van der Waals surface area contributed by atoms with E-state index in [1.807, 2.05) is 18.2 Å². The molecule has 0 spiro atoms. The van der Waals surface area contributed by atoms with Gasteiger partial charge in [0.25, 0.3) is 0 Å². The van der Waals surface area contributed by atoms with E-state index in [9.17, 15) is 9.90 Å². The first-order valence-corrected chi connectivity index (χ1v) is 10.1. The molecular formula is C19H15ClFN5O2S. The number of halogens is 2. The van der Waals surface area contributed by atoms with Gasteiger partial charge in [0.2, 0.25) is 6.41 Å². The number of aromatic nitrogens is 3. The maximum absolute atomic E-state index is 15.4. The van der Waals surface area contributed by atoms with E-state index in [1.165, 1.54) is 11.3 Å². The monoisotopic (exact) mass is 431 g/mol. The van der Waals surface area contributed by atoms with Crippen molar-refractivity contribution >= 4 is 61.3 Å². The molecule has 0 radical (unpaired) electrons. The van der Waals surface area contributed by atoms with E-state index in [0.717, 1.165) is 15.8 Å². The van der Waals surface area contributed by atoms with Gasteiger partial charge in [0.1, 0.15) is 5.69 Å². The molecular weight excluding hydrogens is 417 g/mol. The molecule has 1 aliphatic rings. The number of benzene rings is 2. The number of carbonyl (C=O) groups is 1. The standard InChI is InChI=1S/C19H15ClFN5O2S/c20-15-14(9-1-2-12-13(5-9)29-19(24-12)22-8-27)11-6-23-25-17(11)18(16(15)21)26-4-3-10(28)7-26/h1-2,5-6,8,10,28H,3-4,7H2,(H,23,25)(H,22,24,27). The second-order valence-corrected chi connectivity index (χ2v) is 8.27. The van der Waals surface area contributed by atoms with Gasteiger partial charge >= 0.3 is 0 Å². The minimum absolute atomic E-state index is 0.00500. The highest BCUT2D eigenvalue weighted by Crippen LogP contribution is 2.44. The Balaban J connectivity index is 1.70. The van der Waals surface area contributed by atoms with Crippen LogP contribution in [-0.2, 0) is 4.79 Å². The third-order valence-electron chi connectivity index (χ3n) is 5.10. The number of nitrogens with one attached hydrogen (secondary N) is 2. The van der Waals surface area contributed by atoms with Gasteiger partial charge in [-0.3, -0.25) is 9.89 Å². The summed E-state index contributed by atoms with van der Waals surface area (Å²) >= 11 is 7.84. The van der Waals surface area contributed by atoms with Crippen LogP contribution in [-0.4, -0.2) is 45.9 Å². The highest BCUT2D eigenvalue weighted by atomic mass is 35.5. The van der Waals surface area contributed by atoms with Crippen LogP contribution in [0, 0.1) is 5.82 Å². The molecule has 1 saturated heterocycles. The van der Waals surface area contributed by atoms with Crippen molar-refractivity contribution in [3.05, 3.63) is 35.2 Å². The lowest BCUT2D eigenvalue weighted by molar-refractivity contribution is -0.105. The lowest BCUT2D eigenvalue weighted by Gasteiger charge is -2.21. The molecule has 29 heavy (non-hydrogen) atoms. The van der Waals surface area contributed by atoms with Crippen molar-refractivity contribution in [1.29, 1.82) is 0 Å². The number of anilines is 2. The summed E-state index contributed by atoms with van der Waals surface area (Å²) in [5, 5.41) is 20.6. The molecule has 10 heteroatoms. The van der Waals surface area contributed by atoms with Crippen molar-refractivity contribution in [3.8, 4) is 11.1 Å². The summed E-state index contributed by atoms with van der Waals surface area (Å²) in [6.45, 7) is 0.890. The SMILES string of the molecule is O=CNc1nc2ccc(-c3c(Cl)c(F)c(N4CCC(O)C4)c4[nH]ncc34)cc2s1. The Hall–Kier alpha value is -2.75. The van der Waals surface area contributed by atoms with Crippen molar-refractivity contribution in [1.82, 2.24) is 15.2 Å². The van der Waals surface area contributed by atoms with Crippen LogP contribution in [0.1, 0.15) is 6.42 Å². The number of nitrogens with zero attached hydrogens (tertiary/aromatic N) is 3. The first-order valence-electron chi connectivity index (χ1n) is 8.95. The zero-order chi connectivity index (χ0) is 20.1. The first-order chi connectivity index (χ1) is 14.1. The Kier molecular flexibility index (Phi) is 4.38. The minimum Gasteiger partial charge on any atom is -0.391 e. The fourth-order valence-corrected chi connectivity index (χ4v) is 4.98. The second-order valence-electron chi connectivity index (χ2n) is 6.86. The van der Waals surface area contributed by atoms with E-state index >= 15 is 4.39 Å². The highest BCUT2D eigenvalue weighted by Gasteiger charge is 2.29. The number of aliphatic hydroxyl groups excluding tert-OH is 1. The maximum atomic E-state index is 15.4. The fraction of sp³-hybridized carbons (Fsp3) is 0.211. The van der Waals surface area contributed by atoms with Crippen LogP contribution in [0.5, 0.6) is 0 Å². The molecule has 1 amide bonds. The number of carbonyl (C=O) groups excluding carboxylic acids is 1. The average Bonchev–Trinajstić information content (AvgIpc) is 3.42. The predicted octanol–water partition coefficient (Wildman–Crippen LogP) is 3.77. The first kappa shape index (κ1) is 18.3. The van der Waals surface area contributed by atoms with E-state index in [4.69, 9.17) is 11.6 Å². The molecule has 1 aliphatic heterocycles. The summed E-state index contributed by atoms with van der Waals surface area (Å²) < 4.78 is 16.2. The summed E-state index contributed by atoms with van der Waals surface area (Å²) in [6, 6.07) is 5.50. The minimum atomic E-state index is -0.541. The number of amides is 1. The Morgan fingerprint density at radius 2 is 2.31 bits per heavy atom. The van der Waals surface area contributed by atoms with E-state index in [-0.39, 0.29) is 5.02 Å². The number of rotatable bonds is 4. The zero-order valence-corrected chi connectivity index (χ0v) is 16.5. The van der Waals surface area contributed by atoms with Gasteiger partial charge in [-0.1, -0.05) is 29.0 Å². The highest BCUT2D eigenvalue weighted by molar-refractivity contribution is 7.22. The average molecular weight is 432 g/mol. The molecule has 2 aromatic heterocycles. The van der Waals surface area contributed by atoms with Crippen LogP contribution in [0.4, 0.5) is 15.2 Å². The number of H-pyrrole nitrogens is 1. The number of fused-ring (bicyclic) bond motifs is 2. The Bertz CT molecular complexity index is 1260. The lowest BCUT2D eigenvalue weighted by Crippen LogP contribution is -2.23. The van der Waals surface area contributed by atoms with Crippen LogP contribution in [0.3, 0.4) is 0 Å². The molecule has 0 saturated carbocycles. The summed E-state index contributed by atoms with van der Waals surface area (Å²) in [5.74, 6) is -0.541. The van der Waals surface area contributed by atoms with Crippen LogP contribution >= 0.6 is 22.9 Å². The van der Waals surface area contributed by atoms with Gasteiger partial charge in [0.05, 0.1) is 33.1 Å². The van der Waals surface area contributed by atoms with Crippen LogP contribution < -0.4 is 10.2 Å². The molecule has 3 heterocycles. The van der Waals surface area contributed by atoms with E-state index < -0.39 is 11.9 Å². The molecule has 1 unspecified atom stereocenters. The van der Waals surface area contributed by atoms with Gasteiger partial charge in [-0.05, 0) is 24.1 Å². The third-order valence-corrected chi connectivity index (χ3v) is 6.41. The predicted molar refractivity (Wildman–Crippen MR) is 112 cm³/mol. The quantitative estimate of drug-likeness (QED) is 0.427. The van der Waals surface area contributed by atoms with Crippen molar-refractivity contribution in [3.63, 3.8) is 0 Å². The molecule has 5 rings (SSSR count). The second kappa shape index (κ2) is 6.94. The lowest BCUT2D eigenvalue weighted by atomic mass is 10.00. The van der Waals surface area contributed by atoms with Gasteiger partial charge in [-0.25, -0.2) is 9.37 Å². The number of thiazole rings is 1. The number of aliphatic hydroxyl groups is 1. The molecule has 0 bridgehead atoms. The summed E-state index contributed by atoms with van der Waals surface area (Å²) in [4.78, 5) is 16.8. The molecule has 2 aromatic carbocycles. The number of β-amino-alcohol motifs (C(OH)–C–C–N with tert-alkyl or cyclic N) is 1. The molecule has 1 atom stereocenters. The van der Waals surface area contributed by atoms with Gasteiger partial charge in [0.15, 0.2) is 10.9 Å². The van der Waals surface area contributed by atoms with Crippen molar-refractivity contribution in [2.75, 3.05) is 23.3 Å². The van der Waals surface area contributed by atoms with Gasteiger partial charge in [-0.2, -0.15) is 5.10 Å². The number of aromatic amines is 1. The van der Waals surface area contributed by atoms with E-state index in [2.05, 4.69) is 20.5 Å². The maximum Gasteiger partial charge on any atom is 0.213 e. The smallest absolute Gasteiger partial charge is 0.213 e. The normalized spacial score (nSPS) is 16.8. The van der Waals surface area contributed by atoms with Crippen molar-refractivity contribution in [2.45, 2.75) is 12.5 Å². The Morgan fingerprint density at radius 1 is 1.45 bits per heavy atom. The van der Waals surface area contributed by atoms with Gasteiger partial charge < -0.3 is 15.3 Å². The van der Waals surface area contributed by atoms with Crippen LogP contribution in [0.25, 0.3) is 32.2 Å². The molecule has 3 N–H and O–H groups in total. The van der Waals surface area contributed by atoms with Gasteiger partial charge in [0, 0.05) is 24.0 Å². The van der Waals surface area contributed by atoms with Crippen molar-refractivity contribution in [2.24, 2.45) is 0 Å². The number of hydrogen-bond donors (Lipinski definition) is 3. The third kappa shape index (κ3) is 2.93. The number of hydrogen-bond acceptors (Lipinski definition) is 6. The molecule has 148 valence electrons. The fourth-order valence-electron chi connectivity index (χ4n) is 3.81. The molecule has 1 fully saturated rings. The zero-order valence-electron chi connectivity index (χ0n) is 14.9. The Morgan fingerprint density at radius 3 is 3.07 bits per heavy atom. The van der Waals surface area contributed by atoms with E-state index in [1.54, 1.807) is 11.1 Å². The molecule has 4 aromatic rings. The van der Waals surface area contributed by atoms with Crippen molar-refractivity contribution < 1.29 is 14.3 Å². The molecule has 7 nitrogen and oxygen atoms in total. The summed E-state index contributed by atoms with van der Waals surface area (Å²) in [6.07, 6.45) is 2.29. The van der Waals surface area contributed by atoms with E-state index in [0.29, 0.717) is 53.2 Å². The Labute approximate surface area is 173 Å². The molecule has 0 aliphatic carbocycles. The van der Waals surface area contributed by atoms with Crippen LogP contribution in [0.15, 0.2) is 24.4 Å². The van der Waals surface area contributed by atoms with Crippen LogP contribution in [0.2, 0.25) is 5.02 Å². The van der Waals surface area contributed by atoms with Gasteiger partial charge in [-0.15, -0.1) is 0 Å². The summed E-state index contributed by atoms with van der Waals surface area (Å²) in [5.41, 5.74) is 2.87. The summed E-state index contributed by atoms with van der Waals surface area (Å²) in [7, 11) is 0. The largest absolute Gasteiger partial charge is 0.391 e.